The molecular weight excluding hydrogens is 268 g/mol. The highest BCUT2D eigenvalue weighted by atomic mass is 35.5. The van der Waals surface area contributed by atoms with E-state index in [0.717, 1.165) is 6.20 Å². The molecule has 1 aromatic carbocycles. The van der Waals surface area contributed by atoms with Gasteiger partial charge in [0.15, 0.2) is 0 Å². The number of nitrogens with zero attached hydrogens (tertiary/aromatic N) is 2. The summed E-state index contributed by atoms with van der Waals surface area (Å²) in [7, 11) is 1.33. The van der Waals surface area contributed by atoms with Crippen molar-refractivity contribution in [3.8, 4) is 0 Å². The van der Waals surface area contributed by atoms with Gasteiger partial charge in [-0.25, -0.2) is 4.98 Å². The van der Waals surface area contributed by atoms with Gasteiger partial charge < -0.3 is 4.74 Å². The van der Waals surface area contributed by atoms with Crippen LogP contribution >= 0.6 is 11.6 Å². The second kappa shape index (κ2) is 5.75. The van der Waals surface area contributed by atoms with Crippen LogP contribution in [0.4, 0.5) is 0 Å². The molecule has 0 unspecified atom stereocenters. The van der Waals surface area contributed by atoms with E-state index < -0.39 is 5.56 Å². The van der Waals surface area contributed by atoms with Gasteiger partial charge in [0.2, 0.25) is 0 Å². The molecule has 0 amide bonds. The highest BCUT2D eigenvalue weighted by Gasteiger charge is 2.07. The van der Waals surface area contributed by atoms with E-state index in [-0.39, 0.29) is 12.4 Å². The van der Waals surface area contributed by atoms with Crippen molar-refractivity contribution >= 4 is 28.5 Å². The maximum atomic E-state index is 11.4. The van der Waals surface area contributed by atoms with E-state index in [2.05, 4.69) is 14.7 Å². The second-order valence-electron chi connectivity index (χ2n) is 3.89. The first kappa shape index (κ1) is 13.4. The second-order valence-corrected chi connectivity index (χ2v) is 4.33. The number of carbonyl (C=O) groups is 1. The minimum Gasteiger partial charge on any atom is -0.469 e. The van der Waals surface area contributed by atoms with Crippen molar-refractivity contribution in [1.29, 1.82) is 0 Å². The maximum absolute atomic E-state index is 11.4. The summed E-state index contributed by atoms with van der Waals surface area (Å²) in [6.45, 7) is 0. The molecule has 0 bridgehead atoms. The van der Waals surface area contributed by atoms with Gasteiger partial charge in [0.25, 0.3) is 5.56 Å². The SMILES string of the molecule is COC(=O)CCc1ncc(=O)nc2ccc(Cl)cc12. The zero-order valence-electron chi connectivity index (χ0n) is 10.2. The van der Waals surface area contributed by atoms with Crippen molar-refractivity contribution in [2.45, 2.75) is 12.8 Å². The molecule has 0 atom stereocenters. The normalized spacial score (nSPS) is 10.4. The van der Waals surface area contributed by atoms with Crippen molar-refractivity contribution in [1.82, 2.24) is 9.97 Å². The quantitative estimate of drug-likeness (QED) is 0.800. The highest BCUT2D eigenvalue weighted by Crippen LogP contribution is 2.19. The van der Waals surface area contributed by atoms with Gasteiger partial charge in [0, 0.05) is 16.8 Å². The number of carbonyl (C=O) groups excluding carboxylic acids is 1. The van der Waals surface area contributed by atoms with Gasteiger partial charge in [-0.3, -0.25) is 14.6 Å². The lowest BCUT2D eigenvalue weighted by Crippen LogP contribution is -2.03. The molecule has 6 heteroatoms. The van der Waals surface area contributed by atoms with Crippen LogP contribution in [0.15, 0.2) is 29.2 Å². The number of esters is 1. The van der Waals surface area contributed by atoms with Gasteiger partial charge in [0.1, 0.15) is 0 Å². The number of halogens is 1. The van der Waals surface area contributed by atoms with E-state index in [1.807, 2.05) is 0 Å². The monoisotopic (exact) mass is 278 g/mol. The van der Waals surface area contributed by atoms with E-state index in [4.69, 9.17) is 11.6 Å². The lowest BCUT2D eigenvalue weighted by Gasteiger charge is -2.01. The predicted molar refractivity (Wildman–Crippen MR) is 71.2 cm³/mol. The maximum Gasteiger partial charge on any atom is 0.305 e. The van der Waals surface area contributed by atoms with Crippen molar-refractivity contribution < 1.29 is 9.53 Å². The van der Waals surface area contributed by atoms with E-state index in [0.29, 0.717) is 28.0 Å². The topological polar surface area (TPSA) is 69.2 Å². The fourth-order valence-electron chi connectivity index (χ4n) is 1.71. The summed E-state index contributed by atoms with van der Waals surface area (Å²) in [5.74, 6) is -0.334. The Morgan fingerprint density at radius 2 is 2.21 bits per heavy atom. The van der Waals surface area contributed by atoms with Crippen LogP contribution in [0.25, 0.3) is 10.9 Å². The van der Waals surface area contributed by atoms with Gasteiger partial charge in [-0.15, -0.1) is 0 Å². The fraction of sp³-hybridized carbons (Fsp3) is 0.231. The summed E-state index contributed by atoms with van der Waals surface area (Å²) in [4.78, 5) is 30.6. The molecule has 0 aliphatic rings. The largest absolute Gasteiger partial charge is 0.469 e. The zero-order valence-corrected chi connectivity index (χ0v) is 11.0. The Labute approximate surface area is 114 Å². The van der Waals surface area contributed by atoms with Crippen molar-refractivity contribution in [3.05, 3.63) is 45.5 Å². The van der Waals surface area contributed by atoms with Crippen molar-refractivity contribution in [2.75, 3.05) is 7.11 Å². The van der Waals surface area contributed by atoms with Crippen molar-refractivity contribution in [3.63, 3.8) is 0 Å². The molecule has 2 rings (SSSR count). The number of hydrogen-bond donors (Lipinski definition) is 0. The number of rotatable bonds is 3. The molecule has 0 radical (unpaired) electrons. The molecule has 0 saturated heterocycles. The lowest BCUT2D eigenvalue weighted by atomic mass is 10.1. The Morgan fingerprint density at radius 1 is 1.42 bits per heavy atom. The summed E-state index contributed by atoms with van der Waals surface area (Å²) in [5.41, 5.74) is 0.668. The third-order valence-corrected chi connectivity index (χ3v) is 2.86. The molecule has 0 fully saturated rings. The van der Waals surface area contributed by atoms with Gasteiger partial charge in [-0.05, 0) is 18.2 Å². The summed E-state index contributed by atoms with van der Waals surface area (Å²) < 4.78 is 4.58. The first-order valence-electron chi connectivity index (χ1n) is 5.62. The summed E-state index contributed by atoms with van der Waals surface area (Å²) in [5, 5.41) is 1.19. The molecule has 2 aromatic rings. The number of fused-ring (bicyclic) bond motifs is 1. The Morgan fingerprint density at radius 3 is 2.95 bits per heavy atom. The summed E-state index contributed by atoms with van der Waals surface area (Å²) >= 11 is 5.94. The smallest absolute Gasteiger partial charge is 0.305 e. The van der Waals surface area contributed by atoms with E-state index in [1.165, 1.54) is 7.11 Å². The van der Waals surface area contributed by atoms with E-state index >= 15 is 0 Å². The predicted octanol–water partition coefficient (Wildman–Crippen LogP) is 1.75. The number of methoxy groups -OCH3 is 1. The minimum atomic E-state index is -0.434. The summed E-state index contributed by atoms with van der Waals surface area (Å²) in [6, 6.07) is 4.99. The van der Waals surface area contributed by atoms with Gasteiger partial charge in [-0.2, -0.15) is 0 Å². The average molecular weight is 279 g/mol. The molecule has 0 saturated carbocycles. The standard InChI is InChI=1S/C13H11ClN2O3/c1-19-13(18)5-4-10-9-6-8(14)2-3-11(9)16-12(17)7-15-10/h2-3,6-7H,4-5H2,1H3. The third kappa shape index (κ3) is 3.26. The van der Waals surface area contributed by atoms with Crippen LogP contribution in [0.5, 0.6) is 0 Å². The molecule has 1 heterocycles. The number of aromatic nitrogens is 2. The molecule has 98 valence electrons. The third-order valence-electron chi connectivity index (χ3n) is 2.62. The van der Waals surface area contributed by atoms with Gasteiger partial charge in [-0.1, -0.05) is 11.6 Å². The number of aryl methyl sites for hydroxylation is 1. The fourth-order valence-corrected chi connectivity index (χ4v) is 1.88. The number of benzene rings is 1. The van der Waals surface area contributed by atoms with Crippen LogP contribution in [0, 0.1) is 0 Å². The van der Waals surface area contributed by atoms with Crippen LogP contribution in [0.3, 0.4) is 0 Å². The first-order chi connectivity index (χ1) is 9.10. The van der Waals surface area contributed by atoms with Crippen molar-refractivity contribution in [2.24, 2.45) is 0 Å². The van der Waals surface area contributed by atoms with E-state index in [1.54, 1.807) is 18.2 Å². The Kier molecular flexibility index (Phi) is 4.06. The summed E-state index contributed by atoms with van der Waals surface area (Å²) in [6.07, 6.45) is 1.68. The number of ether oxygens (including phenoxy) is 1. The molecular formula is C13H11ClN2O3. The average Bonchev–Trinajstić information content (AvgIpc) is 2.55. The molecule has 0 aliphatic carbocycles. The Balaban J connectivity index is 2.53. The lowest BCUT2D eigenvalue weighted by molar-refractivity contribution is -0.140. The van der Waals surface area contributed by atoms with Gasteiger partial charge in [0.05, 0.1) is 30.9 Å². The van der Waals surface area contributed by atoms with Crippen LogP contribution < -0.4 is 5.56 Å². The van der Waals surface area contributed by atoms with Crippen LogP contribution in [0.2, 0.25) is 5.02 Å². The van der Waals surface area contributed by atoms with E-state index in [9.17, 15) is 9.59 Å². The molecule has 1 aromatic heterocycles. The number of hydrogen-bond acceptors (Lipinski definition) is 5. The van der Waals surface area contributed by atoms with Gasteiger partial charge >= 0.3 is 5.97 Å². The van der Waals surface area contributed by atoms with Crippen LogP contribution in [0.1, 0.15) is 12.1 Å². The Bertz CT molecular complexity index is 688. The molecule has 0 spiro atoms. The highest BCUT2D eigenvalue weighted by molar-refractivity contribution is 6.31. The zero-order chi connectivity index (χ0) is 13.8. The first-order valence-corrected chi connectivity index (χ1v) is 6.00. The molecule has 0 N–H and O–H groups in total. The molecule has 5 nitrogen and oxygen atoms in total. The Hall–Kier alpha value is -2.01. The minimum absolute atomic E-state index is 0.184. The molecule has 19 heavy (non-hydrogen) atoms. The molecule has 0 aliphatic heterocycles. The van der Waals surface area contributed by atoms with Crippen LogP contribution in [-0.2, 0) is 16.0 Å². The van der Waals surface area contributed by atoms with Crippen LogP contribution in [-0.4, -0.2) is 23.0 Å².